The maximum absolute atomic E-state index is 9.01. The van der Waals surface area contributed by atoms with Gasteiger partial charge in [-0.2, -0.15) is 0 Å². The molecular weight excluding hydrogens is 180 g/mol. The Kier molecular flexibility index (Phi) is 7.15. The Bertz CT molecular complexity index is 146. The third kappa shape index (κ3) is 3.56. The van der Waals surface area contributed by atoms with Crippen LogP contribution in [-0.4, -0.2) is 31.2 Å². The summed E-state index contributed by atoms with van der Waals surface area (Å²) >= 11 is 0. The van der Waals surface area contributed by atoms with Crippen molar-refractivity contribution in [2.24, 2.45) is 11.8 Å². The Morgan fingerprint density at radius 3 is 2.43 bits per heavy atom. The summed E-state index contributed by atoms with van der Waals surface area (Å²) in [6.45, 7) is 3.83. The molecule has 1 fully saturated rings. The minimum absolute atomic E-state index is 0. The smallest absolute Gasteiger partial charge is 0.160 e. The molecule has 14 heavy (non-hydrogen) atoms. The molecule has 5 unspecified atom stereocenters. The van der Waals surface area contributed by atoms with Crippen LogP contribution in [0, 0.1) is 11.8 Å². The van der Waals surface area contributed by atoms with Gasteiger partial charge in [0.2, 0.25) is 0 Å². The lowest BCUT2D eigenvalue weighted by atomic mass is 9.89. The van der Waals surface area contributed by atoms with E-state index in [9.17, 15) is 0 Å². The lowest BCUT2D eigenvalue weighted by molar-refractivity contribution is -0.227. The third-order valence-electron chi connectivity index (χ3n) is 2.34. The van der Waals surface area contributed by atoms with Gasteiger partial charge in [0.15, 0.2) is 6.29 Å². The van der Waals surface area contributed by atoms with Gasteiger partial charge in [0.25, 0.3) is 0 Å². The Balaban J connectivity index is 0. The van der Waals surface area contributed by atoms with Crippen LogP contribution in [0.15, 0.2) is 0 Å². The predicted octanol–water partition coefficient (Wildman–Crippen LogP) is 2.28. The molecule has 3 nitrogen and oxygen atoms in total. The highest BCUT2D eigenvalue weighted by molar-refractivity contribution is 4.76. The molecule has 1 rings (SSSR count). The van der Waals surface area contributed by atoms with Gasteiger partial charge in [-0.15, -0.1) is 0 Å². The highest BCUT2D eigenvalue weighted by Gasteiger charge is 2.32. The molecule has 1 saturated heterocycles. The van der Waals surface area contributed by atoms with Crippen LogP contribution in [0.1, 0.15) is 36.5 Å². The number of ether oxygens (including phenoxy) is 2. The first-order chi connectivity index (χ1) is 6.11. The zero-order valence-corrected chi connectivity index (χ0v) is 7.86. The summed E-state index contributed by atoms with van der Waals surface area (Å²) in [6.07, 6.45) is -0.838. The Morgan fingerprint density at radius 1 is 1.43 bits per heavy atom. The number of rotatable bonds is 2. The first-order valence-corrected chi connectivity index (χ1v) is 4.33. The van der Waals surface area contributed by atoms with Crippen LogP contribution >= 0.6 is 0 Å². The van der Waals surface area contributed by atoms with Crippen molar-refractivity contribution in [1.82, 2.24) is 0 Å². The van der Waals surface area contributed by atoms with E-state index in [1.807, 2.05) is 13.8 Å². The molecule has 0 spiro atoms. The number of methoxy groups -OCH3 is 1. The maximum atomic E-state index is 9.01. The lowest BCUT2D eigenvalue weighted by Gasteiger charge is -2.37. The fraction of sp³-hybridized carbons (Fsp3) is 1.00. The van der Waals surface area contributed by atoms with Gasteiger partial charge >= 0.3 is 0 Å². The molecule has 0 bridgehead atoms. The van der Waals surface area contributed by atoms with E-state index < -0.39 is 0 Å². The number of hydrogen-bond acceptors (Lipinski definition) is 3. The average molecular weight is 207 g/mol. The summed E-state index contributed by atoms with van der Waals surface area (Å²) in [5.41, 5.74) is 0. The second-order valence-electron chi connectivity index (χ2n) is 3.37. The zero-order valence-electron chi connectivity index (χ0n) is 8.86. The molecule has 5 atom stereocenters. The van der Waals surface area contributed by atoms with Crippen LogP contribution in [0.2, 0.25) is 0 Å². The van der Waals surface area contributed by atoms with Crippen molar-refractivity contribution in [2.75, 3.05) is 13.7 Å². The van der Waals surface area contributed by atoms with Gasteiger partial charge in [-0.05, 0) is 12.3 Å². The molecule has 0 amide bonds. The summed E-state index contributed by atoms with van der Waals surface area (Å²) in [5, 5.41) is 9.01. The quantitative estimate of drug-likeness (QED) is 0.755. The Hall–Kier alpha value is -0.120. The van der Waals surface area contributed by atoms with Crippen molar-refractivity contribution in [2.45, 2.75) is 47.5 Å². The van der Waals surface area contributed by atoms with Crippen molar-refractivity contribution in [3.8, 4) is 0 Å². The molecule has 0 radical (unpaired) electrons. The van der Waals surface area contributed by atoms with Crippen molar-refractivity contribution in [1.29, 1.82) is 0 Å². The van der Waals surface area contributed by atoms with E-state index in [4.69, 9.17) is 16.0 Å². The van der Waals surface area contributed by atoms with Crippen LogP contribution in [0.5, 0.6) is 0 Å². The fourth-order valence-corrected chi connectivity index (χ4v) is 1.59. The molecule has 0 aromatic heterocycles. The molecule has 1 aliphatic heterocycles. The van der Waals surface area contributed by atoms with E-state index in [1.165, 1.54) is 0 Å². The number of aliphatic hydroxyl groups is 1. The highest BCUT2D eigenvalue weighted by atomic mass is 16.7. The highest BCUT2D eigenvalue weighted by Crippen LogP contribution is 2.29. The molecular formula is C11H26O3. The summed E-state index contributed by atoms with van der Waals surface area (Å²) in [7, 11) is 1.57. The summed E-state index contributed by atoms with van der Waals surface area (Å²) < 4.78 is 18.5. The number of hydrogen-bond donors (Lipinski definition) is 1. The average Bonchev–Trinajstić information content (AvgIpc) is 2.15. The van der Waals surface area contributed by atoms with Crippen molar-refractivity contribution in [3.05, 3.63) is 0 Å². The van der Waals surface area contributed by atoms with Gasteiger partial charge in [-0.25, -0.2) is 0 Å². The molecule has 1 aliphatic rings. The molecule has 1 N–H and O–H groups in total. The molecule has 0 aliphatic carbocycles. The van der Waals surface area contributed by atoms with E-state index in [-0.39, 0.29) is 52.1 Å². The van der Waals surface area contributed by atoms with Gasteiger partial charge in [0.05, 0.1) is 12.7 Å². The largest absolute Gasteiger partial charge is 0.394 e. The topological polar surface area (TPSA) is 38.7 Å². The van der Waals surface area contributed by atoms with Crippen molar-refractivity contribution < 1.29 is 16.0 Å². The van der Waals surface area contributed by atoms with E-state index in [0.29, 0.717) is 0 Å². The van der Waals surface area contributed by atoms with Crippen LogP contribution in [0.25, 0.3) is 0 Å². The van der Waals surface area contributed by atoms with Crippen LogP contribution in [0.4, 0.5) is 0 Å². The molecule has 3 heteroatoms. The monoisotopic (exact) mass is 207 g/mol. The zero-order chi connectivity index (χ0) is 10.0. The fourth-order valence-electron chi connectivity index (χ4n) is 1.59. The van der Waals surface area contributed by atoms with Gasteiger partial charge in [-0.3, -0.25) is 0 Å². The summed E-state index contributed by atoms with van der Waals surface area (Å²) in [5.74, 6) is 0.120. The first-order valence-electron chi connectivity index (χ1n) is 4.91. The van der Waals surface area contributed by atoms with Gasteiger partial charge < -0.3 is 14.6 Å². The van der Waals surface area contributed by atoms with Crippen LogP contribution in [-0.2, 0) is 9.47 Å². The maximum Gasteiger partial charge on any atom is 0.160 e. The molecule has 0 saturated carbocycles. The van der Waals surface area contributed by atoms with Crippen molar-refractivity contribution in [3.63, 3.8) is 0 Å². The summed E-state index contributed by atoms with van der Waals surface area (Å²) in [4.78, 5) is 0. The van der Waals surface area contributed by atoms with Gasteiger partial charge in [-0.1, -0.05) is 28.7 Å². The van der Waals surface area contributed by atoms with Crippen LogP contribution < -0.4 is 0 Å². The number of aliphatic hydroxyl groups excluding tert-OH is 1. The molecule has 1 heterocycles. The Morgan fingerprint density at radius 2 is 2.00 bits per heavy atom. The van der Waals surface area contributed by atoms with Crippen LogP contribution in [0.3, 0.4) is 0 Å². The second-order valence-corrected chi connectivity index (χ2v) is 3.37. The standard InChI is InChI=1S/C9H18O3.2CH4/c1-6-4-7(2)9(11-3)12-8(6)5-10;;/h6-10H,4-5H2,1-3H3;2*1H4/i4D;;. The van der Waals surface area contributed by atoms with E-state index in [1.54, 1.807) is 7.11 Å². The predicted molar refractivity (Wildman–Crippen MR) is 59.2 cm³/mol. The van der Waals surface area contributed by atoms with E-state index in [2.05, 4.69) is 0 Å². The summed E-state index contributed by atoms with van der Waals surface area (Å²) in [6, 6.07) is 0. The Labute approximate surface area is 89.8 Å². The molecule has 0 aromatic carbocycles. The lowest BCUT2D eigenvalue weighted by Crippen LogP contribution is -2.41. The van der Waals surface area contributed by atoms with E-state index >= 15 is 0 Å². The van der Waals surface area contributed by atoms with E-state index in [0.717, 1.165) is 0 Å². The van der Waals surface area contributed by atoms with Gasteiger partial charge in [0.1, 0.15) is 0 Å². The first kappa shape index (κ1) is 13.9. The van der Waals surface area contributed by atoms with Crippen molar-refractivity contribution >= 4 is 0 Å². The SMILES string of the molecule is C.C.[2H]C1C(C)C(CO)OC(OC)C1C. The minimum Gasteiger partial charge on any atom is -0.394 e. The third-order valence-corrected chi connectivity index (χ3v) is 2.34. The molecule has 0 aromatic rings. The normalized spacial score (nSPS) is 43.1. The second kappa shape index (κ2) is 7.21. The van der Waals surface area contributed by atoms with Gasteiger partial charge in [0, 0.05) is 14.4 Å². The minimum atomic E-state index is -0.351. The molecule has 88 valence electrons.